The molecule has 1 saturated heterocycles. The van der Waals surface area contributed by atoms with Crippen LogP contribution in [0.5, 0.6) is 0 Å². The molecule has 1 fully saturated rings. The van der Waals surface area contributed by atoms with E-state index in [0.29, 0.717) is 72.2 Å². The molecule has 0 saturated carbocycles. The Morgan fingerprint density at radius 1 is 1.04 bits per heavy atom. The monoisotopic (exact) mass is 692 g/mol. The Labute approximate surface area is 293 Å². The van der Waals surface area contributed by atoms with Gasteiger partial charge in [-0.05, 0) is 62.6 Å². The van der Waals surface area contributed by atoms with Gasteiger partial charge in [0.1, 0.15) is 41.2 Å². The first-order chi connectivity index (χ1) is 23.3. The number of carbonyl (C=O) groups is 3. The Balaban J connectivity index is 1.59. The number of nitriles is 2. The van der Waals surface area contributed by atoms with Crippen molar-refractivity contribution in [2.45, 2.75) is 103 Å². The summed E-state index contributed by atoms with van der Waals surface area (Å²) in [7, 11) is 0. The number of ether oxygens (including phenoxy) is 3. The molecule has 0 radical (unpaired) electrons. The molecule has 2 N–H and O–H groups in total. The van der Waals surface area contributed by atoms with Crippen molar-refractivity contribution in [3.05, 3.63) is 52.1 Å². The summed E-state index contributed by atoms with van der Waals surface area (Å²) < 4.78 is 16.7. The van der Waals surface area contributed by atoms with Crippen LogP contribution in [0.25, 0.3) is 0 Å². The number of alkyl carbamates (subject to hydrolysis) is 1. The molecule has 0 bridgehead atoms. The van der Waals surface area contributed by atoms with Crippen LogP contribution in [0.3, 0.4) is 0 Å². The second-order valence-corrected chi connectivity index (χ2v) is 14.1. The van der Waals surface area contributed by atoms with E-state index in [1.807, 2.05) is 45.0 Å². The first kappa shape index (κ1) is 39.1. The third kappa shape index (κ3) is 11.9. The quantitative estimate of drug-likeness (QED) is 0.148. The van der Waals surface area contributed by atoms with Crippen molar-refractivity contribution in [2.24, 2.45) is 5.92 Å². The van der Waals surface area contributed by atoms with Gasteiger partial charge < -0.3 is 29.7 Å². The summed E-state index contributed by atoms with van der Waals surface area (Å²) in [5.41, 5.74) is 2.92. The maximum atomic E-state index is 12.7. The molecule has 2 aromatic rings. The molecular weight excluding hydrogens is 644 g/mol. The van der Waals surface area contributed by atoms with Crippen LogP contribution in [0, 0.1) is 28.6 Å². The summed E-state index contributed by atoms with van der Waals surface area (Å²) in [4.78, 5) is 43.0. The minimum absolute atomic E-state index is 0.0481. The number of anilines is 1. The third-order valence-corrected chi connectivity index (χ3v) is 8.83. The van der Waals surface area contributed by atoms with E-state index in [-0.39, 0.29) is 31.1 Å². The number of thioether (sulfide) groups is 1. The van der Waals surface area contributed by atoms with E-state index in [9.17, 15) is 24.9 Å². The summed E-state index contributed by atoms with van der Waals surface area (Å²) in [5, 5.41) is 26.2. The van der Waals surface area contributed by atoms with Crippen LogP contribution in [0.15, 0.2) is 29.3 Å². The topological polar surface area (TPSA) is 167 Å². The second-order valence-electron chi connectivity index (χ2n) is 13.2. The van der Waals surface area contributed by atoms with E-state index in [1.165, 1.54) is 18.7 Å². The van der Waals surface area contributed by atoms with Crippen LogP contribution >= 0.6 is 11.8 Å². The number of benzene rings is 1. The average molecular weight is 693 g/mol. The molecule has 12 nitrogen and oxygen atoms in total. The highest BCUT2D eigenvalue weighted by molar-refractivity contribution is 7.98. The van der Waals surface area contributed by atoms with E-state index in [0.717, 1.165) is 11.1 Å². The van der Waals surface area contributed by atoms with Gasteiger partial charge in [-0.2, -0.15) is 10.5 Å². The standard InChI is InChI=1S/C36H48N6O6S/c1-8-28-29(19-37)32(41-33(30(28)20-38)49-22-26-11-9-25(10-12-26)21-39-24(4)43)42-15-13-27(14-16-42)46-17-18-47-34(44)31(23(2)3)40-35(45)48-36(5,6)7/h9-12,23,27,31H,8,13-18,21-22H2,1-7H3,(H,39,43)(H,40,45)/t31-/m0/s1. The number of nitrogens with one attached hydrogen (secondary N) is 2. The lowest BCUT2D eigenvalue weighted by atomic mass is 10.0. The van der Waals surface area contributed by atoms with Crippen LogP contribution < -0.4 is 15.5 Å². The molecule has 1 aromatic heterocycles. The van der Waals surface area contributed by atoms with Gasteiger partial charge in [-0.3, -0.25) is 4.79 Å². The van der Waals surface area contributed by atoms with Crippen molar-refractivity contribution < 1.29 is 28.6 Å². The predicted molar refractivity (Wildman–Crippen MR) is 187 cm³/mol. The molecule has 1 aliphatic heterocycles. The maximum Gasteiger partial charge on any atom is 0.408 e. The van der Waals surface area contributed by atoms with Gasteiger partial charge in [0, 0.05) is 32.3 Å². The third-order valence-electron chi connectivity index (χ3n) is 7.78. The molecule has 1 aliphatic rings. The molecule has 1 atom stereocenters. The number of hydrogen-bond donors (Lipinski definition) is 2. The number of pyridine rings is 1. The first-order valence-corrected chi connectivity index (χ1v) is 17.6. The van der Waals surface area contributed by atoms with Crippen molar-refractivity contribution in [1.82, 2.24) is 15.6 Å². The van der Waals surface area contributed by atoms with Gasteiger partial charge >= 0.3 is 12.1 Å². The first-order valence-electron chi connectivity index (χ1n) is 16.6. The predicted octanol–water partition coefficient (Wildman–Crippen LogP) is 5.39. The van der Waals surface area contributed by atoms with Crippen molar-refractivity contribution in [2.75, 3.05) is 31.2 Å². The number of esters is 1. The summed E-state index contributed by atoms with van der Waals surface area (Å²) in [5.74, 6) is 0.345. The zero-order chi connectivity index (χ0) is 36.1. The zero-order valence-electron chi connectivity index (χ0n) is 29.6. The molecule has 13 heteroatoms. The van der Waals surface area contributed by atoms with Crippen molar-refractivity contribution >= 4 is 35.5 Å². The molecule has 2 amide bonds. The molecular formula is C36H48N6O6S. The lowest BCUT2D eigenvalue weighted by Gasteiger charge is -2.34. The van der Waals surface area contributed by atoms with E-state index < -0.39 is 23.7 Å². The Morgan fingerprint density at radius 3 is 2.22 bits per heavy atom. The smallest absolute Gasteiger partial charge is 0.408 e. The fraction of sp³-hybridized carbons (Fsp3) is 0.556. The number of piperidine rings is 1. The van der Waals surface area contributed by atoms with Gasteiger partial charge in [0.05, 0.1) is 23.8 Å². The van der Waals surface area contributed by atoms with Gasteiger partial charge in [0.15, 0.2) is 0 Å². The number of carbonyl (C=O) groups excluding carboxylic acids is 3. The lowest BCUT2D eigenvalue weighted by molar-refractivity contribution is -0.149. The molecule has 0 spiro atoms. The Morgan fingerprint density at radius 2 is 1.67 bits per heavy atom. The van der Waals surface area contributed by atoms with Gasteiger partial charge in [0.25, 0.3) is 0 Å². The largest absolute Gasteiger partial charge is 0.462 e. The summed E-state index contributed by atoms with van der Waals surface area (Å²) in [6.07, 6.45) is 1.15. The van der Waals surface area contributed by atoms with E-state index >= 15 is 0 Å². The van der Waals surface area contributed by atoms with Gasteiger partial charge in [-0.1, -0.05) is 45.0 Å². The fourth-order valence-corrected chi connectivity index (χ4v) is 6.22. The molecule has 49 heavy (non-hydrogen) atoms. The van der Waals surface area contributed by atoms with Gasteiger partial charge in [0.2, 0.25) is 5.91 Å². The van der Waals surface area contributed by atoms with Gasteiger partial charge in [-0.25, -0.2) is 14.6 Å². The molecule has 1 aromatic carbocycles. The molecule has 2 heterocycles. The lowest BCUT2D eigenvalue weighted by Crippen LogP contribution is -2.47. The van der Waals surface area contributed by atoms with E-state index in [1.54, 1.807) is 20.8 Å². The van der Waals surface area contributed by atoms with E-state index in [2.05, 4.69) is 27.7 Å². The molecule has 264 valence electrons. The molecule has 3 rings (SSSR count). The summed E-state index contributed by atoms with van der Waals surface area (Å²) >= 11 is 1.47. The number of aromatic nitrogens is 1. The number of hydrogen-bond acceptors (Lipinski definition) is 11. The normalized spacial score (nSPS) is 14.0. The SMILES string of the molecule is CCc1c(C#N)c(SCc2ccc(CNC(C)=O)cc2)nc(N2CCC(OCCOC(=O)[C@@H](NC(=O)OC(C)(C)C)C(C)C)CC2)c1C#N. The van der Waals surface area contributed by atoms with Gasteiger partial charge in [-0.15, -0.1) is 11.8 Å². The molecule has 0 aliphatic carbocycles. The highest BCUT2D eigenvalue weighted by atomic mass is 32.2. The molecule has 0 unspecified atom stereocenters. The average Bonchev–Trinajstić information content (AvgIpc) is 3.06. The second kappa shape index (κ2) is 18.4. The zero-order valence-corrected chi connectivity index (χ0v) is 30.4. The minimum Gasteiger partial charge on any atom is -0.462 e. The number of amides is 2. The van der Waals surface area contributed by atoms with Crippen LogP contribution in [-0.2, 0) is 42.5 Å². The van der Waals surface area contributed by atoms with Crippen molar-refractivity contribution in [3.63, 3.8) is 0 Å². The van der Waals surface area contributed by atoms with Crippen molar-refractivity contribution in [3.8, 4) is 12.1 Å². The summed E-state index contributed by atoms with van der Waals surface area (Å²) in [6, 6.07) is 11.7. The van der Waals surface area contributed by atoms with Crippen LogP contribution in [0.1, 0.15) is 89.1 Å². The van der Waals surface area contributed by atoms with Crippen molar-refractivity contribution in [1.29, 1.82) is 10.5 Å². The minimum atomic E-state index is -0.842. The highest BCUT2D eigenvalue weighted by Gasteiger charge is 2.29. The van der Waals surface area contributed by atoms with E-state index in [4.69, 9.17) is 19.2 Å². The summed E-state index contributed by atoms with van der Waals surface area (Å²) in [6.45, 7) is 14.2. The number of rotatable bonds is 14. The highest BCUT2D eigenvalue weighted by Crippen LogP contribution is 2.34. The number of nitrogens with zero attached hydrogens (tertiary/aromatic N) is 4. The fourth-order valence-electron chi connectivity index (χ4n) is 5.26. The van der Waals surface area contributed by atoms with Crippen LogP contribution in [-0.4, -0.2) is 67.0 Å². The maximum absolute atomic E-state index is 12.7. The Bertz CT molecular complexity index is 1540. The Hall–Kier alpha value is -4.33. The van der Waals surface area contributed by atoms with Crippen LogP contribution in [0.4, 0.5) is 10.6 Å². The van der Waals surface area contributed by atoms with Crippen LogP contribution in [0.2, 0.25) is 0 Å². The Kier molecular flexibility index (Phi) is 14.7.